The number of hydrogen-bond donors (Lipinski definition) is 1. The Bertz CT molecular complexity index is 876. The number of rotatable bonds is 3. The zero-order valence-electron chi connectivity index (χ0n) is 13.2. The average Bonchev–Trinajstić information content (AvgIpc) is 3.21. The molecule has 1 aliphatic rings. The summed E-state index contributed by atoms with van der Waals surface area (Å²) in [4.78, 5) is 12.3. The number of nitrogens with one attached hydrogen (secondary N) is 1. The summed E-state index contributed by atoms with van der Waals surface area (Å²) in [5, 5.41) is 5.45. The zero-order chi connectivity index (χ0) is 15.8. The molecule has 0 spiro atoms. The molecule has 0 radical (unpaired) electrons. The fourth-order valence-electron chi connectivity index (χ4n) is 3.46. The lowest BCUT2D eigenvalue weighted by Gasteiger charge is -2.10. The van der Waals surface area contributed by atoms with Gasteiger partial charge in [-0.3, -0.25) is 4.79 Å². The molecule has 3 aromatic rings. The topological polar surface area (TPSA) is 43.3 Å². The van der Waals surface area contributed by atoms with Gasteiger partial charge in [-0.25, -0.2) is 0 Å². The Morgan fingerprint density at radius 3 is 2.83 bits per heavy atom. The van der Waals surface area contributed by atoms with Crippen LogP contribution < -0.4 is 5.32 Å². The lowest BCUT2D eigenvalue weighted by Crippen LogP contribution is -2.22. The molecule has 1 N–H and O–H groups in total. The van der Waals surface area contributed by atoms with Crippen molar-refractivity contribution < 1.29 is 9.53 Å². The van der Waals surface area contributed by atoms with Gasteiger partial charge in [0, 0.05) is 40.6 Å². The number of amides is 1. The minimum atomic E-state index is -0.0253. The number of ether oxygens (including phenoxy) is 1. The van der Waals surface area contributed by atoms with Crippen LogP contribution in [-0.4, -0.2) is 23.7 Å². The van der Waals surface area contributed by atoms with Crippen molar-refractivity contribution in [2.75, 3.05) is 18.5 Å². The molecule has 1 fully saturated rings. The van der Waals surface area contributed by atoms with E-state index in [0.717, 1.165) is 18.7 Å². The number of aryl methyl sites for hydroxylation is 1. The highest BCUT2D eigenvalue weighted by Crippen LogP contribution is 2.31. The van der Waals surface area contributed by atoms with Crippen molar-refractivity contribution in [3.63, 3.8) is 0 Å². The third-order valence-electron chi connectivity index (χ3n) is 4.66. The monoisotopic (exact) mass is 308 g/mol. The molecule has 1 atom stereocenters. The molecule has 2 heterocycles. The lowest BCUT2D eigenvalue weighted by molar-refractivity contribution is -0.119. The van der Waals surface area contributed by atoms with Crippen molar-refractivity contribution >= 4 is 33.4 Å². The van der Waals surface area contributed by atoms with Crippen LogP contribution in [0.1, 0.15) is 13.3 Å². The van der Waals surface area contributed by atoms with Gasteiger partial charge in [-0.2, -0.15) is 0 Å². The number of nitrogens with zero attached hydrogens (tertiary/aromatic N) is 1. The molecule has 0 bridgehead atoms. The number of para-hydroxylation sites is 1. The van der Waals surface area contributed by atoms with Gasteiger partial charge in [0.2, 0.25) is 5.91 Å². The molecule has 4 nitrogen and oxygen atoms in total. The Hall–Kier alpha value is -2.33. The van der Waals surface area contributed by atoms with E-state index in [4.69, 9.17) is 4.74 Å². The summed E-state index contributed by atoms with van der Waals surface area (Å²) in [6.45, 7) is 4.29. The number of fused-ring (bicyclic) bond motifs is 3. The Morgan fingerprint density at radius 1 is 1.22 bits per heavy atom. The quantitative estimate of drug-likeness (QED) is 0.800. The van der Waals surface area contributed by atoms with Gasteiger partial charge in [0.1, 0.15) is 0 Å². The molecule has 1 saturated heterocycles. The van der Waals surface area contributed by atoms with Crippen molar-refractivity contribution in [1.82, 2.24) is 4.57 Å². The fraction of sp³-hybridized carbons (Fsp3) is 0.316. The van der Waals surface area contributed by atoms with Crippen LogP contribution in [0.15, 0.2) is 42.5 Å². The highest BCUT2D eigenvalue weighted by atomic mass is 16.5. The van der Waals surface area contributed by atoms with Gasteiger partial charge in [0.25, 0.3) is 0 Å². The van der Waals surface area contributed by atoms with E-state index in [1.54, 1.807) is 0 Å². The summed E-state index contributed by atoms with van der Waals surface area (Å²) in [7, 11) is 0. The molecular weight excluding hydrogens is 288 g/mol. The van der Waals surface area contributed by atoms with Crippen LogP contribution in [-0.2, 0) is 16.1 Å². The molecule has 1 amide bonds. The second-order valence-corrected chi connectivity index (χ2v) is 6.04. The van der Waals surface area contributed by atoms with Gasteiger partial charge in [0.15, 0.2) is 0 Å². The Balaban J connectivity index is 1.75. The number of anilines is 1. The Kier molecular flexibility index (Phi) is 3.54. The maximum absolute atomic E-state index is 12.3. The second kappa shape index (κ2) is 5.70. The first-order chi connectivity index (χ1) is 11.3. The van der Waals surface area contributed by atoms with E-state index in [0.29, 0.717) is 13.2 Å². The molecule has 0 aliphatic carbocycles. The number of hydrogen-bond acceptors (Lipinski definition) is 2. The van der Waals surface area contributed by atoms with E-state index in [1.807, 2.05) is 6.07 Å². The Morgan fingerprint density at radius 2 is 2.04 bits per heavy atom. The van der Waals surface area contributed by atoms with Gasteiger partial charge in [-0.05, 0) is 37.6 Å². The van der Waals surface area contributed by atoms with Crippen LogP contribution in [0.4, 0.5) is 5.69 Å². The molecular formula is C19H20N2O2. The minimum Gasteiger partial charge on any atom is -0.381 e. The van der Waals surface area contributed by atoms with E-state index < -0.39 is 0 Å². The van der Waals surface area contributed by atoms with Crippen molar-refractivity contribution in [3.05, 3.63) is 42.5 Å². The summed E-state index contributed by atoms with van der Waals surface area (Å²) < 4.78 is 7.60. The molecule has 4 heteroatoms. The standard InChI is InChI=1S/C19H20N2O2/c1-2-21-17-6-4-3-5-15(17)16-11-14(7-8-18(16)21)20-19(22)13-9-10-23-12-13/h3-8,11,13H,2,9-10,12H2,1H3,(H,20,22). The van der Waals surface area contributed by atoms with E-state index >= 15 is 0 Å². The number of carbonyl (C=O) groups is 1. The maximum atomic E-state index is 12.3. The van der Waals surface area contributed by atoms with Crippen LogP contribution in [0.25, 0.3) is 21.8 Å². The van der Waals surface area contributed by atoms with E-state index in [9.17, 15) is 4.79 Å². The smallest absolute Gasteiger partial charge is 0.229 e. The predicted octanol–water partition coefficient (Wildman–Crippen LogP) is 3.79. The van der Waals surface area contributed by atoms with Gasteiger partial charge in [-0.15, -0.1) is 0 Å². The van der Waals surface area contributed by atoms with Crippen molar-refractivity contribution in [1.29, 1.82) is 0 Å². The first-order valence-corrected chi connectivity index (χ1v) is 8.17. The van der Waals surface area contributed by atoms with Gasteiger partial charge in [0.05, 0.1) is 12.5 Å². The summed E-state index contributed by atoms with van der Waals surface area (Å²) in [5.74, 6) is 0.0313. The fourth-order valence-corrected chi connectivity index (χ4v) is 3.46. The SMILES string of the molecule is CCn1c2ccccc2c2cc(NC(=O)C3CCOC3)ccc21. The molecule has 23 heavy (non-hydrogen) atoms. The highest BCUT2D eigenvalue weighted by Gasteiger charge is 2.23. The first-order valence-electron chi connectivity index (χ1n) is 8.17. The molecule has 1 aromatic heterocycles. The number of aromatic nitrogens is 1. The summed E-state index contributed by atoms with van der Waals surface area (Å²) in [6.07, 6.45) is 0.809. The molecule has 1 aliphatic heterocycles. The molecule has 2 aromatic carbocycles. The predicted molar refractivity (Wildman–Crippen MR) is 92.7 cm³/mol. The van der Waals surface area contributed by atoms with Crippen molar-refractivity contribution in [2.45, 2.75) is 19.9 Å². The third-order valence-corrected chi connectivity index (χ3v) is 4.66. The van der Waals surface area contributed by atoms with Crippen LogP contribution in [0.2, 0.25) is 0 Å². The third kappa shape index (κ3) is 2.39. The average molecular weight is 308 g/mol. The molecule has 1 unspecified atom stereocenters. The largest absolute Gasteiger partial charge is 0.381 e. The van der Waals surface area contributed by atoms with Crippen LogP contribution in [0.5, 0.6) is 0 Å². The van der Waals surface area contributed by atoms with Crippen molar-refractivity contribution in [2.24, 2.45) is 5.92 Å². The molecule has 4 rings (SSSR count). The molecule has 0 saturated carbocycles. The normalized spacial score (nSPS) is 17.9. The van der Waals surface area contributed by atoms with Gasteiger partial charge >= 0.3 is 0 Å². The van der Waals surface area contributed by atoms with Gasteiger partial charge in [-0.1, -0.05) is 18.2 Å². The van der Waals surface area contributed by atoms with Gasteiger partial charge < -0.3 is 14.6 Å². The molecule has 118 valence electrons. The summed E-state index contributed by atoms with van der Waals surface area (Å²) in [6, 6.07) is 14.6. The number of benzene rings is 2. The van der Waals surface area contributed by atoms with Crippen molar-refractivity contribution in [3.8, 4) is 0 Å². The van der Waals surface area contributed by atoms with Crippen LogP contribution in [0, 0.1) is 5.92 Å². The minimum absolute atomic E-state index is 0.0253. The maximum Gasteiger partial charge on any atom is 0.229 e. The summed E-state index contributed by atoms with van der Waals surface area (Å²) >= 11 is 0. The lowest BCUT2D eigenvalue weighted by atomic mass is 10.1. The van der Waals surface area contributed by atoms with E-state index in [-0.39, 0.29) is 11.8 Å². The van der Waals surface area contributed by atoms with E-state index in [1.165, 1.54) is 21.8 Å². The first kappa shape index (κ1) is 14.3. The van der Waals surface area contributed by atoms with Crippen LogP contribution in [0.3, 0.4) is 0 Å². The summed E-state index contributed by atoms with van der Waals surface area (Å²) in [5.41, 5.74) is 3.29. The number of carbonyl (C=O) groups excluding carboxylic acids is 1. The van der Waals surface area contributed by atoms with E-state index in [2.05, 4.69) is 53.2 Å². The Labute approximate surface area is 135 Å². The highest BCUT2D eigenvalue weighted by molar-refractivity contribution is 6.09. The zero-order valence-corrected chi connectivity index (χ0v) is 13.2. The van der Waals surface area contributed by atoms with Crippen LogP contribution >= 0.6 is 0 Å². The second-order valence-electron chi connectivity index (χ2n) is 6.04.